The molecule has 0 amide bonds. The van der Waals surface area contributed by atoms with Gasteiger partial charge in [-0.15, -0.1) is 0 Å². The predicted molar refractivity (Wildman–Crippen MR) is 90.8 cm³/mol. The summed E-state index contributed by atoms with van der Waals surface area (Å²) in [7, 11) is -3.82. The Morgan fingerprint density at radius 1 is 1.16 bits per heavy atom. The van der Waals surface area contributed by atoms with Crippen molar-refractivity contribution in [2.75, 3.05) is 13.2 Å². The Morgan fingerprint density at radius 3 is 2.56 bits per heavy atom. The summed E-state index contributed by atoms with van der Waals surface area (Å²) in [5, 5.41) is 11.7. The average Bonchev–Trinajstić information content (AvgIpc) is 2.93. The number of aromatic hydroxyl groups is 1. The Kier molecular flexibility index (Phi) is 3.96. The van der Waals surface area contributed by atoms with Crippen molar-refractivity contribution in [1.82, 2.24) is 0 Å². The summed E-state index contributed by atoms with van der Waals surface area (Å²) in [6, 6.07) is 7.05. The molecule has 5 rings (SSSR count). The summed E-state index contributed by atoms with van der Waals surface area (Å²) in [5.74, 6) is 0.452. The maximum Gasteiger partial charge on any atom is 0.510 e. The lowest BCUT2D eigenvalue weighted by atomic mass is 9.87. The van der Waals surface area contributed by atoms with Gasteiger partial charge in [0.25, 0.3) is 0 Å². The lowest BCUT2D eigenvalue weighted by Crippen LogP contribution is -2.04. The molecule has 1 N–H and O–H groups in total. The van der Waals surface area contributed by atoms with Gasteiger partial charge in [0.15, 0.2) is 17.1 Å². The molecule has 0 saturated carbocycles. The molecule has 0 spiro atoms. The van der Waals surface area contributed by atoms with Gasteiger partial charge in [-0.2, -0.15) is 0 Å². The third-order valence-electron chi connectivity index (χ3n) is 4.04. The van der Waals surface area contributed by atoms with Crippen molar-refractivity contribution in [2.24, 2.45) is 0 Å². The van der Waals surface area contributed by atoms with Crippen molar-refractivity contribution in [3.8, 4) is 11.5 Å². The molecule has 7 nitrogen and oxygen atoms in total. The van der Waals surface area contributed by atoms with E-state index in [-0.39, 0.29) is 19.0 Å². The van der Waals surface area contributed by atoms with Crippen molar-refractivity contribution < 1.29 is 32.7 Å². The van der Waals surface area contributed by atoms with Gasteiger partial charge >= 0.3 is 7.82 Å². The first-order valence-corrected chi connectivity index (χ1v) is 9.46. The molecule has 3 aromatic rings. The highest BCUT2D eigenvalue weighted by Crippen LogP contribution is 2.51. The van der Waals surface area contributed by atoms with Gasteiger partial charge in [0.2, 0.25) is 0 Å². The minimum absolute atomic E-state index is 0.141. The molecule has 0 saturated heterocycles. The van der Waals surface area contributed by atoms with Gasteiger partial charge in [0, 0.05) is 17.4 Å². The lowest BCUT2D eigenvalue weighted by Gasteiger charge is -2.18. The molecule has 25 heavy (non-hydrogen) atoms. The maximum absolute atomic E-state index is 12.4. The van der Waals surface area contributed by atoms with Crippen molar-refractivity contribution in [2.45, 2.75) is 20.3 Å². The van der Waals surface area contributed by atoms with E-state index in [1.54, 1.807) is 32.0 Å². The van der Waals surface area contributed by atoms with Crippen molar-refractivity contribution >= 4 is 29.8 Å². The zero-order valence-corrected chi connectivity index (χ0v) is 14.7. The van der Waals surface area contributed by atoms with E-state index < -0.39 is 7.82 Å². The fraction of sp³-hybridized carbons (Fsp3) is 0.294. The van der Waals surface area contributed by atoms with E-state index in [1.807, 2.05) is 6.07 Å². The van der Waals surface area contributed by atoms with E-state index in [0.717, 1.165) is 16.5 Å². The molecule has 0 fully saturated rings. The molecule has 1 aromatic heterocycles. The number of hydrogen-bond acceptors (Lipinski definition) is 7. The van der Waals surface area contributed by atoms with Crippen LogP contribution in [0, 0.1) is 0 Å². The van der Waals surface area contributed by atoms with Gasteiger partial charge in [-0.25, -0.2) is 4.57 Å². The summed E-state index contributed by atoms with van der Waals surface area (Å²) in [6.07, 6.45) is 0.680. The SMILES string of the molecule is CCOP(=O)(OCC)OOc1cccc2oc3c(O)c4cc(c3c12)C4. The zero-order chi connectivity index (χ0) is 17.6. The Bertz CT molecular complexity index is 997. The summed E-state index contributed by atoms with van der Waals surface area (Å²) in [6.45, 7) is 3.66. The van der Waals surface area contributed by atoms with Crippen LogP contribution in [0.2, 0.25) is 0 Å². The number of phenolic OH excluding ortho intramolecular Hbond substituents is 1. The summed E-state index contributed by atoms with van der Waals surface area (Å²) in [4.78, 5) is 5.32. The van der Waals surface area contributed by atoms with Gasteiger partial charge in [-0.1, -0.05) is 16.8 Å². The number of phosphoric acid groups is 1. The monoisotopic (exact) mass is 364 g/mol. The average molecular weight is 364 g/mol. The van der Waals surface area contributed by atoms with E-state index in [0.29, 0.717) is 28.7 Å². The second kappa shape index (κ2) is 6.04. The highest BCUT2D eigenvalue weighted by Gasteiger charge is 2.30. The normalized spacial score (nSPS) is 13.4. The van der Waals surface area contributed by atoms with Crippen LogP contribution in [-0.4, -0.2) is 18.3 Å². The van der Waals surface area contributed by atoms with Crippen LogP contribution in [0.15, 0.2) is 28.7 Å². The van der Waals surface area contributed by atoms with Crippen LogP contribution in [0.25, 0.3) is 21.9 Å². The first-order chi connectivity index (χ1) is 12.1. The summed E-state index contributed by atoms with van der Waals surface area (Å²) >= 11 is 0. The maximum atomic E-state index is 12.4. The van der Waals surface area contributed by atoms with E-state index in [2.05, 4.69) is 0 Å². The molecule has 2 aromatic carbocycles. The van der Waals surface area contributed by atoms with Gasteiger partial charge in [0.05, 0.1) is 18.6 Å². The summed E-state index contributed by atoms with van der Waals surface area (Å²) in [5.41, 5.74) is 2.87. The molecule has 0 radical (unpaired) electrons. The number of hydrogen-bond donors (Lipinski definition) is 1. The zero-order valence-electron chi connectivity index (χ0n) is 13.8. The second-order valence-corrected chi connectivity index (χ2v) is 7.16. The molecule has 2 bridgehead atoms. The van der Waals surface area contributed by atoms with Crippen molar-refractivity contribution in [1.29, 1.82) is 0 Å². The van der Waals surface area contributed by atoms with Gasteiger partial charge in [-0.3, -0.25) is 9.05 Å². The van der Waals surface area contributed by atoms with E-state index >= 15 is 0 Å². The number of benzene rings is 2. The molecule has 1 heterocycles. The topological polar surface area (TPSA) is 87.4 Å². The predicted octanol–water partition coefficient (Wildman–Crippen LogP) is 4.69. The van der Waals surface area contributed by atoms with Crippen LogP contribution in [-0.2, 0) is 24.7 Å². The Labute approximate surface area is 143 Å². The molecular formula is C17H17O7P. The molecule has 132 valence electrons. The van der Waals surface area contributed by atoms with Crippen LogP contribution >= 0.6 is 7.82 Å². The molecule has 0 unspecified atom stereocenters. The van der Waals surface area contributed by atoms with Crippen LogP contribution in [0.4, 0.5) is 0 Å². The first-order valence-electron chi connectivity index (χ1n) is 8.00. The minimum atomic E-state index is -3.82. The van der Waals surface area contributed by atoms with E-state index in [9.17, 15) is 9.67 Å². The molecule has 0 aliphatic heterocycles. The number of phosphoric ester groups is 1. The van der Waals surface area contributed by atoms with Gasteiger partial charge < -0.3 is 14.4 Å². The smallest absolute Gasteiger partial charge is 0.504 e. The van der Waals surface area contributed by atoms with Crippen molar-refractivity contribution in [3.63, 3.8) is 0 Å². The third-order valence-corrected chi connectivity index (χ3v) is 5.45. The largest absolute Gasteiger partial charge is 0.510 e. The Hall–Kier alpha value is -2.05. The molecule has 0 atom stereocenters. The fourth-order valence-electron chi connectivity index (χ4n) is 2.99. The molecule has 2 aliphatic rings. The minimum Gasteiger partial charge on any atom is -0.504 e. The van der Waals surface area contributed by atoms with Crippen LogP contribution in [0.1, 0.15) is 25.0 Å². The van der Waals surface area contributed by atoms with E-state index in [1.165, 1.54) is 0 Å². The van der Waals surface area contributed by atoms with Crippen LogP contribution in [0.3, 0.4) is 0 Å². The molecule has 2 aliphatic carbocycles. The van der Waals surface area contributed by atoms with Crippen LogP contribution < -0.4 is 4.89 Å². The summed E-state index contributed by atoms with van der Waals surface area (Å²) < 4.78 is 33.3. The van der Waals surface area contributed by atoms with E-state index in [4.69, 9.17) is 23.0 Å². The van der Waals surface area contributed by atoms with Crippen LogP contribution in [0.5, 0.6) is 11.5 Å². The Morgan fingerprint density at radius 2 is 1.88 bits per heavy atom. The number of fused-ring (bicyclic) bond motifs is 1. The number of rotatable bonds is 7. The fourth-order valence-corrected chi connectivity index (χ4v) is 3.95. The van der Waals surface area contributed by atoms with Gasteiger partial charge in [-0.05, 0) is 31.5 Å². The number of phenols is 1. The van der Waals surface area contributed by atoms with Crippen molar-refractivity contribution in [3.05, 3.63) is 35.4 Å². The lowest BCUT2D eigenvalue weighted by molar-refractivity contribution is -0.130. The highest BCUT2D eigenvalue weighted by atomic mass is 31.2. The highest BCUT2D eigenvalue weighted by molar-refractivity contribution is 7.48. The standard InChI is InChI=1S/C17H17O7P/c1-3-20-25(19,21-4-2)24-23-13-7-5-6-12-15(13)14-10-8-11(9-10)16(18)17(14)22-12/h5-8,18H,3-4,9H2,1-2H3. The number of furan rings is 1. The van der Waals surface area contributed by atoms with Gasteiger partial charge in [0.1, 0.15) is 5.58 Å². The quantitative estimate of drug-likeness (QED) is 0.289. The molecular weight excluding hydrogens is 347 g/mol. The third kappa shape index (κ3) is 2.60. The molecule has 8 heteroatoms. The first kappa shape index (κ1) is 16.4. The Balaban J connectivity index is 1.76. The second-order valence-electron chi connectivity index (χ2n) is 5.60.